The molecule has 0 aromatic rings. The third-order valence-electron chi connectivity index (χ3n) is 5.59. The second-order valence-electron chi connectivity index (χ2n) is 7.53. The summed E-state index contributed by atoms with van der Waals surface area (Å²) in [4.78, 5) is 18.7. The Morgan fingerprint density at radius 3 is 2.56 bits per heavy atom. The lowest BCUT2D eigenvalue weighted by Gasteiger charge is -2.37. The molecule has 3 aliphatic rings. The SMILES string of the molecule is CN=C(NCCC(=O)NC1CCCCC1)N1CCOC(C2CCCO2)C1.I. The molecule has 0 bridgehead atoms. The summed E-state index contributed by atoms with van der Waals surface area (Å²) in [5.74, 6) is 0.987. The molecule has 2 heterocycles. The first-order valence-electron chi connectivity index (χ1n) is 10.2. The van der Waals surface area contributed by atoms with E-state index in [9.17, 15) is 4.79 Å². The van der Waals surface area contributed by atoms with Crippen LogP contribution in [0.2, 0.25) is 0 Å². The number of guanidine groups is 1. The minimum atomic E-state index is 0. The van der Waals surface area contributed by atoms with Crippen LogP contribution in [0.15, 0.2) is 4.99 Å². The molecule has 0 spiro atoms. The Balaban J connectivity index is 0.00000261. The van der Waals surface area contributed by atoms with Gasteiger partial charge in [0.05, 0.1) is 12.7 Å². The van der Waals surface area contributed by atoms with Gasteiger partial charge in [0.15, 0.2) is 5.96 Å². The number of rotatable bonds is 5. The molecule has 0 aromatic heterocycles. The van der Waals surface area contributed by atoms with E-state index in [1.165, 1.54) is 19.3 Å². The second-order valence-corrected chi connectivity index (χ2v) is 7.53. The van der Waals surface area contributed by atoms with Gasteiger partial charge in [-0.15, -0.1) is 24.0 Å². The fourth-order valence-corrected chi connectivity index (χ4v) is 4.16. The van der Waals surface area contributed by atoms with Gasteiger partial charge in [0.1, 0.15) is 6.10 Å². The zero-order valence-electron chi connectivity index (χ0n) is 16.5. The average molecular weight is 494 g/mol. The largest absolute Gasteiger partial charge is 0.375 e. The van der Waals surface area contributed by atoms with E-state index in [2.05, 4.69) is 20.5 Å². The lowest BCUT2D eigenvalue weighted by Crippen LogP contribution is -2.53. The summed E-state index contributed by atoms with van der Waals surface area (Å²) in [5.41, 5.74) is 0. The quantitative estimate of drug-likeness (QED) is 0.347. The van der Waals surface area contributed by atoms with Gasteiger partial charge in [-0.25, -0.2) is 0 Å². The van der Waals surface area contributed by atoms with E-state index in [0.717, 1.165) is 51.3 Å². The molecule has 2 atom stereocenters. The summed E-state index contributed by atoms with van der Waals surface area (Å²) in [5, 5.41) is 6.50. The van der Waals surface area contributed by atoms with E-state index in [4.69, 9.17) is 9.47 Å². The Bertz CT molecular complexity index is 480. The standard InChI is InChI=1S/C19H34N4O3.HI/c1-20-19(21-10-9-18(24)22-15-6-3-2-4-7-15)23-11-13-26-17(14-23)16-8-5-12-25-16;/h15-17H,2-14H2,1H3,(H,20,21)(H,22,24);1H. The number of morpholine rings is 1. The molecule has 2 aliphatic heterocycles. The van der Waals surface area contributed by atoms with Crippen molar-refractivity contribution in [3.63, 3.8) is 0 Å². The number of amides is 1. The normalized spacial score (nSPS) is 27.1. The molecule has 7 nitrogen and oxygen atoms in total. The molecule has 2 N–H and O–H groups in total. The summed E-state index contributed by atoms with van der Waals surface area (Å²) in [7, 11) is 1.79. The zero-order valence-corrected chi connectivity index (χ0v) is 18.8. The lowest BCUT2D eigenvalue weighted by atomic mass is 9.95. The van der Waals surface area contributed by atoms with E-state index in [1.54, 1.807) is 7.05 Å². The highest BCUT2D eigenvalue weighted by Crippen LogP contribution is 2.21. The van der Waals surface area contributed by atoms with Crippen molar-refractivity contribution in [3.05, 3.63) is 0 Å². The third kappa shape index (κ3) is 7.05. The van der Waals surface area contributed by atoms with Gasteiger partial charge in [-0.2, -0.15) is 0 Å². The number of hydrogen-bond donors (Lipinski definition) is 2. The number of carbonyl (C=O) groups is 1. The van der Waals surface area contributed by atoms with Crippen molar-refractivity contribution in [2.45, 2.75) is 69.6 Å². The summed E-state index contributed by atoms with van der Waals surface area (Å²) < 4.78 is 11.7. The number of nitrogens with one attached hydrogen (secondary N) is 2. The molecule has 1 amide bonds. The molecule has 2 saturated heterocycles. The van der Waals surface area contributed by atoms with Crippen LogP contribution in [0.4, 0.5) is 0 Å². The fourth-order valence-electron chi connectivity index (χ4n) is 4.16. The fraction of sp³-hybridized carbons (Fsp3) is 0.895. The highest BCUT2D eigenvalue weighted by Gasteiger charge is 2.32. The average Bonchev–Trinajstić information content (AvgIpc) is 3.21. The number of hydrogen-bond acceptors (Lipinski definition) is 4. The van der Waals surface area contributed by atoms with E-state index >= 15 is 0 Å². The molecule has 0 aromatic carbocycles. The van der Waals surface area contributed by atoms with Crippen molar-refractivity contribution < 1.29 is 14.3 Å². The molecule has 8 heteroatoms. The lowest BCUT2D eigenvalue weighted by molar-refractivity contribution is -0.121. The molecule has 1 saturated carbocycles. The van der Waals surface area contributed by atoms with Gasteiger partial charge in [0, 0.05) is 45.8 Å². The van der Waals surface area contributed by atoms with Crippen LogP contribution in [0.5, 0.6) is 0 Å². The number of ether oxygens (including phenoxy) is 2. The topological polar surface area (TPSA) is 75.2 Å². The van der Waals surface area contributed by atoms with Gasteiger partial charge in [-0.1, -0.05) is 19.3 Å². The van der Waals surface area contributed by atoms with Crippen LogP contribution in [-0.2, 0) is 14.3 Å². The van der Waals surface area contributed by atoms with E-state index in [0.29, 0.717) is 25.6 Å². The first-order chi connectivity index (χ1) is 12.8. The summed E-state index contributed by atoms with van der Waals surface area (Å²) >= 11 is 0. The zero-order chi connectivity index (χ0) is 18.2. The van der Waals surface area contributed by atoms with E-state index in [-0.39, 0.29) is 42.1 Å². The number of halogens is 1. The molecular formula is C19H35IN4O3. The first kappa shape index (κ1) is 22.7. The Hall–Kier alpha value is -0.610. The number of aliphatic imine (C=N–C) groups is 1. The molecule has 3 rings (SSSR count). The van der Waals surface area contributed by atoms with Crippen molar-refractivity contribution >= 4 is 35.8 Å². The first-order valence-corrected chi connectivity index (χ1v) is 10.2. The van der Waals surface area contributed by atoms with Crippen molar-refractivity contribution in [1.82, 2.24) is 15.5 Å². The highest BCUT2D eigenvalue weighted by molar-refractivity contribution is 14.0. The van der Waals surface area contributed by atoms with Crippen LogP contribution >= 0.6 is 24.0 Å². The summed E-state index contributed by atoms with van der Waals surface area (Å²) in [6.45, 7) is 3.74. The van der Waals surface area contributed by atoms with Gasteiger partial charge in [-0.05, 0) is 25.7 Å². The smallest absolute Gasteiger partial charge is 0.221 e. The molecule has 156 valence electrons. The van der Waals surface area contributed by atoms with Crippen LogP contribution < -0.4 is 10.6 Å². The second kappa shape index (κ2) is 12.1. The molecule has 3 fully saturated rings. The predicted molar refractivity (Wildman–Crippen MR) is 117 cm³/mol. The van der Waals surface area contributed by atoms with Crippen molar-refractivity contribution in [2.75, 3.05) is 39.9 Å². The van der Waals surface area contributed by atoms with Crippen molar-refractivity contribution in [3.8, 4) is 0 Å². The van der Waals surface area contributed by atoms with Crippen LogP contribution in [0, 0.1) is 0 Å². The minimum absolute atomic E-state index is 0. The summed E-state index contributed by atoms with van der Waals surface area (Å²) in [6.07, 6.45) is 9.01. The van der Waals surface area contributed by atoms with Gasteiger partial charge in [0.2, 0.25) is 5.91 Å². The third-order valence-corrected chi connectivity index (χ3v) is 5.59. The van der Waals surface area contributed by atoms with Crippen LogP contribution in [-0.4, -0.2) is 74.9 Å². The molecule has 27 heavy (non-hydrogen) atoms. The van der Waals surface area contributed by atoms with Crippen molar-refractivity contribution in [1.29, 1.82) is 0 Å². The monoisotopic (exact) mass is 494 g/mol. The Morgan fingerprint density at radius 1 is 1.07 bits per heavy atom. The molecular weight excluding hydrogens is 459 g/mol. The maximum Gasteiger partial charge on any atom is 0.221 e. The maximum absolute atomic E-state index is 12.1. The molecule has 0 radical (unpaired) electrons. The van der Waals surface area contributed by atoms with Gasteiger partial charge in [0.25, 0.3) is 0 Å². The Kier molecular flexibility index (Phi) is 10.1. The predicted octanol–water partition coefficient (Wildman–Crippen LogP) is 1.90. The number of carbonyl (C=O) groups excluding carboxylic acids is 1. The highest BCUT2D eigenvalue weighted by atomic mass is 127. The minimum Gasteiger partial charge on any atom is -0.375 e. The van der Waals surface area contributed by atoms with Crippen LogP contribution in [0.1, 0.15) is 51.4 Å². The molecule has 1 aliphatic carbocycles. The van der Waals surface area contributed by atoms with Crippen molar-refractivity contribution in [2.24, 2.45) is 4.99 Å². The Labute approximate surface area is 180 Å². The number of nitrogens with zero attached hydrogens (tertiary/aromatic N) is 2. The summed E-state index contributed by atoms with van der Waals surface area (Å²) in [6, 6.07) is 0.377. The Morgan fingerprint density at radius 2 is 1.85 bits per heavy atom. The van der Waals surface area contributed by atoms with Gasteiger partial charge < -0.3 is 25.0 Å². The van der Waals surface area contributed by atoms with Crippen LogP contribution in [0.3, 0.4) is 0 Å². The maximum atomic E-state index is 12.1. The van der Waals surface area contributed by atoms with Gasteiger partial charge in [-0.3, -0.25) is 9.79 Å². The van der Waals surface area contributed by atoms with Crippen LogP contribution in [0.25, 0.3) is 0 Å². The molecule has 2 unspecified atom stereocenters. The van der Waals surface area contributed by atoms with Gasteiger partial charge >= 0.3 is 0 Å². The van der Waals surface area contributed by atoms with E-state index in [1.807, 2.05) is 0 Å². The van der Waals surface area contributed by atoms with E-state index < -0.39 is 0 Å².